The predicted molar refractivity (Wildman–Crippen MR) is 64.0 cm³/mol. The van der Waals surface area contributed by atoms with E-state index in [0.29, 0.717) is 6.42 Å². The van der Waals surface area contributed by atoms with Crippen molar-refractivity contribution in [2.75, 3.05) is 7.11 Å². The zero-order valence-corrected chi connectivity index (χ0v) is 9.79. The fraction of sp³-hybridized carbons (Fsp3) is 0.500. The molecule has 2 nitrogen and oxygen atoms in total. The Balaban J connectivity index is 2.35. The molecular weight excluding hydrogens is 200 g/mol. The Bertz CT molecular complexity index is 383. The molecule has 2 rings (SSSR count). The highest BCUT2D eigenvalue weighted by atomic mass is 16.5. The van der Waals surface area contributed by atoms with Gasteiger partial charge in [0.2, 0.25) is 0 Å². The van der Waals surface area contributed by atoms with E-state index in [4.69, 9.17) is 4.74 Å². The van der Waals surface area contributed by atoms with Crippen LogP contribution in [0.4, 0.5) is 0 Å². The van der Waals surface area contributed by atoms with Gasteiger partial charge in [0.15, 0.2) is 0 Å². The van der Waals surface area contributed by atoms with Crippen LogP contribution in [0, 0.1) is 0 Å². The number of methoxy groups -OCH3 is 1. The molecule has 0 fully saturated rings. The van der Waals surface area contributed by atoms with Gasteiger partial charge >= 0.3 is 0 Å². The molecule has 0 saturated carbocycles. The molecule has 0 bridgehead atoms. The van der Waals surface area contributed by atoms with Crippen LogP contribution < -0.4 is 4.74 Å². The summed E-state index contributed by atoms with van der Waals surface area (Å²) in [6.45, 7) is 0. The van der Waals surface area contributed by atoms with E-state index in [0.717, 1.165) is 31.3 Å². The number of hydrogen-bond donors (Lipinski definition) is 0. The van der Waals surface area contributed by atoms with Gasteiger partial charge in [-0.3, -0.25) is 0 Å². The molecule has 0 heterocycles. The Morgan fingerprint density at radius 3 is 2.69 bits per heavy atom. The van der Waals surface area contributed by atoms with Crippen molar-refractivity contribution in [1.82, 2.24) is 0 Å². The van der Waals surface area contributed by atoms with Gasteiger partial charge in [-0.05, 0) is 54.9 Å². The zero-order valence-electron chi connectivity index (χ0n) is 9.79. The number of fused-ring (bicyclic) bond motifs is 1. The molecule has 1 aromatic carbocycles. The lowest BCUT2D eigenvalue weighted by Crippen LogP contribution is -2.08. The molecule has 0 aliphatic heterocycles. The van der Waals surface area contributed by atoms with E-state index < -0.39 is 0 Å². The first-order chi connectivity index (χ1) is 7.86. The standard InChI is InChI=1S/C14H18O2/c1-16-14-9-8-11(5-4-10-15)12-6-2-3-7-13(12)14/h8-10H,2-7H2,1H3. The average Bonchev–Trinajstić information content (AvgIpc) is 2.36. The number of hydrogen-bond acceptors (Lipinski definition) is 2. The van der Waals surface area contributed by atoms with E-state index in [1.165, 1.54) is 29.5 Å². The van der Waals surface area contributed by atoms with Crippen molar-refractivity contribution < 1.29 is 9.53 Å². The van der Waals surface area contributed by atoms with Gasteiger partial charge in [0.1, 0.15) is 12.0 Å². The topological polar surface area (TPSA) is 26.3 Å². The first kappa shape index (κ1) is 11.2. The van der Waals surface area contributed by atoms with Crippen molar-refractivity contribution in [3.8, 4) is 5.75 Å². The minimum Gasteiger partial charge on any atom is -0.496 e. The summed E-state index contributed by atoms with van der Waals surface area (Å²) in [7, 11) is 1.73. The normalized spacial score (nSPS) is 14.3. The van der Waals surface area contributed by atoms with Crippen molar-refractivity contribution in [2.24, 2.45) is 0 Å². The quantitative estimate of drug-likeness (QED) is 0.726. The minimum absolute atomic E-state index is 0.624. The van der Waals surface area contributed by atoms with Crippen LogP contribution in [0.5, 0.6) is 5.75 Å². The second-order valence-corrected chi connectivity index (χ2v) is 4.30. The highest BCUT2D eigenvalue weighted by Crippen LogP contribution is 2.32. The highest BCUT2D eigenvalue weighted by Gasteiger charge is 2.16. The molecule has 1 aromatic rings. The predicted octanol–water partition coefficient (Wildman–Crippen LogP) is 2.71. The molecule has 2 heteroatoms. The molecule has 16 heavy (non-hydrogen) atoms. The SMILES string of the molecule is COc1ccc(CCC=O)c2c1CCCC2. The first-order valence-electron chi connectivity index (χ1n) is 5.98. The van der Waals surface area contributed by atoms with Crippen molar-refractivity contribution in [3.05, 3.63) is 28.8 Å². The smallest absolute Gasteiger partial charge is 0.122 e. The third kappa shape index (κ3) is 2.11. The van der Waals surface area contributed by atoms with Crippen LogP contribution in [0.1, 0.15) is 36.0 Å². The number of carbonyl (C=O) groups is 1. The molecule has 0 radical (unpaired) electrons. The molecule has 0 N–H and O–H groups in total. The summed E-state index contributed by atoms with van der Waals surface area (Å²) in [6, 6.07) is 4.16. The number of aryl methyl sites for hydroxylation is 1. The van der Waals surface area contributed by atoms with Crippen molar-refractivity contribution in [3.63, 3.8) is 0 Å². The second-order valence-electron chi connectivity index (χ2n) is 4.30. The summed E-state index contributed by atoms with van der Waals surface area (Å²) in [4.78, 5) is 10.4. The lowest BCUT2D eigenvalue weighted by molar-refractivity contribution is -0.107. The van der Waals surface area contributed by atoms with Gasteiger partial charge in [-0.15, -0.1) is 0 Å². The van der Waals surface area contributed by atoms with Crippen LogP contribution in [0.25, 0.3) is 0 Å². The molecule has 0 amide bonds. The van der Waals surface area contributed by atoms with Crippen molar-refractivity contribution in [2.45, 2.75) is 38.5 Å². The summed E-state index contributed by atoms with van der Waals surface area (Å²) in [5.41, 5.74) is 4.15. The summed E-state index contributed by atoms with van der Waals surface area (Å²) in [5, 5.41) is 0. The van der Waals surface area contributed by atoms with E-state index in [1.54, 1.807) is 7.11 Å². The van der Waals surface area contributed by atoms with Gasteiger partial charge in [-0.2, -0.15) is 0 Å². The van der Waals surface area contributed by atoms with Gasteiger partial charge in [-0.25, -0.2) is 0 Å². The largest absolute Gasteiger partial charge is 0.496 e. The van der Waals surface area contributed by atoms with Crippen LogP contribution in [-0.2, 0) is 24.1 Å². The minimum atomic E-state index is 0.624. The number of ether oxygens (including phenoxy) is 1. The lowest BCUT2D eigenvalue weighted by Gasteiger charge is -2.21. The van der Waals surface area contributed by atoms with E-state index in [1.807, 2.05) is 6.07 Å². The Morgan fingerprint density at radius 1 is 1.25 bits per heavy atom. The van der Waals surface area contributed by atoms with Crippen molar-refractivity contribution >= 4 is 6.29 Å². The van der Waals surface area contributed by atoms with Crippen LogP contribution in [0.3, 0.4) is 0 Å². The Labute approximate surface area is 96.6 Å². The maximum absolute atomic E-state index is 10.4. The number of benzene rings is 1. The van der Waals surface area contributed by atoms with E-state index >= 15 is 0 Å². The highest BCUT2D eigenvalue weighted by molar-refractivity contribution is 5.52. The second kappa shape index (κ2) is 5.15. The number of rotatable bonds is 4. The van der Waals surface area contributed by atoms with E-state index in [-0.39, 0.29) is 0 Å². The third-order valence-corrected chi connectivity index (χ3v) is 3.34. The Morgan fingerprint density at radius 2 is 2.00 bits per heavy atom. The molecule has 0 saturated heterocycles. The van der Waals surface area contributed by atoms with Crippen LogP contribution in [0.2, 0.25) is 0 Å². The van der Waals surface area contributed by atoms with Gasteiger partial charge in [0.25, 0.3) is 0 Å². The number of carbonyl (C=O) groups excluding carboxylic acids is 1. The van der Waals surface area contributed by atoms with Gasteiger partial charge in [0, 0.05) is 6.42 Å². The maximum Gasteiger partial charge on any atom is 0.122 e. The van der Waals surface area contributed by atoms with Gasteiger partial charge < -0.3 is 9.53 Å². The zero-order chi connectivity index (χ0) is 11.4. The first-order valence-corrected chi connectivity index (χ1v) is 5.98. The molecule has 1 aliphatic rings. The molecule has 0 atom stereocenters. The number of aldehydes is 1. The molecule has 0 spiro atoms. The van der Waals surface area contributed by atoms with Crippen LogP contribution in [0.15, 0.2) is 12.1 Å². The summed E-state index contributed by atoms with van der Waals surface area (Å²) in [6.07, 6.45) is 7.26. The maximum atomic E-state index is 10.4. The van der Waals surface area contributed by atoms with Crippen LogP contribution in [-0.4, -0.2) is 13.4 Å². The third-order valence-electron chi connectivity index (χ3n) is 3.34. The molecule has 0 aromatic heterocycles. The average molecular weight is 218 g/mol. The van der Waals surface area contributed by atoms with E-state index in [2.05, 4.69) is 6.07 Å². The molecule has 86 valence electrons. The fourth-order valence-corrected chi connectivity index (χ4v) is 2.55. The Hall–Kier alpha value is -1.31. The fourth-order valence-electron chi connectivity index (χ4n) is 2.55. The van der Waals surface area contributed by atoms with E-state index in [9.17, 15) is 4.79 Å². The molecule has 1 aliphatic carbocycles. The lowest BCUT2D eigenvalue weighted by atomic mass is 9.86. The van der Waals surface area contributed by atoms with Crippen LogP contribution >= 0.6 is 0 Å². The summed E-state index contributed by atoms with van der Waals surface area (Å²) in [5.74, 6) is 1.02. The summed E-state index contributed by atoms with van der Waals surface area (Å²) >= 11 is 0. The summed E-state index contributed by atoms with van der Waals surface area (Å²) < 4.78 is 5.40. The van der Waals surface area contributed by atoms with Gasteiger partial charge in [-0.1, -0.05) is 6.07 Å². The Kier molecular flexibility index (Phi) is 3.60. The molecule has 0 unspecified atom stereocenters. The molecular formula is C14H18O2. The van der Waals surface area contributed by atoms with Crippen molar-refractivity contribution in [1.29, 1.82) is 0 Å². The monoisotopic (exact) mass is 218 g/mol. The van der Waals surface area contributed by atoms with Gasteiger partial charge in [0.05, 0.1) is 7.11 Å².